The second-order valence-electron chi connectivity index (χ2n) is 7.70. The molecular weight excluding hydrogens is 244 g/mol. The van der Waals surface area contributed by atoms with Gasteiger partial charge in [0.05, 0.1) is 0 Å². The number of benzene rings is 1. The van der Waals surface area contributed by atoms with Gasteiger partial charge in [0.25, 0.3) is 0 Å². The SMILES string of the molecule is CCc1ccc2c(c1C)C=C(C[Si](C)(C)C)C2(C)C. The summed E-state index contributed by atoms with van der Waals surface area (Å²) in [4.78, 5) is 0. The molecule has 0 amide bonds. The molecular formula is C18H28Si. The van der Waals surface area contributed by atoms with Crippen LogP contribution in [0.15, 0.2) is 17.7 Å². The Balaban J connectivity index is 2.52. The first-order valence-electron chi connectivity index (χ1n) is 7.51. The third-order valence-electron chi connectivity index (χ3n) is 4.52. The summed E-state index contributed by atoms with van der Waals surface area (Å²) in [5.41, 5.74) is 7.93. The molecule has 104 valence electrons. The van der Waals surface area contributed by atoms with Crippen LogP contribution in [0.2, 0.25) is 25.7 Å². The van der Waals surface area contributed by atoms with Gasteiger partial charge in [-0.25, -0.2) is 0 Å². The van der Waals surface area contributed by atoms with E-state index >= 15 is 0 Å². The van der Waals surface area contributed by atoms with Crippen LogP contribution in [-0.4, -0.2) is 8.07 Å². The van der Waals surface area contributed by atoms with Crippen molar-refractivity contribution in [2.24, 2.45) is 0 Å². The standard InChI is InChI=1S/C18H28Si/c1-8-14-9-10-17-16(13(14)2)11-15(18(17,3)4)12-19(5,6)7/h9-11H,8,12H2,1-7H3. The van der Waals surface area contributed by atoms with E-state index in [0.717, 1.165) is 6.42 Å². The van der Waals surface area contributed by atoms with Crippen LogP contribution in [0.1, 0.15) is 43.0 Å². The minimum absolute atomic E-state index is 0.229. The maximum Gasteiger partial charge on any atom is 0.0483 e. The zero-order valence-corrected chi connectivity index (χ0v) is 14.6. The van der Waals surface area contributed by atoms with Crippen molar-refractivity contribution in [3.05, 3.63) is 40.0 Å². The second kappa shape index (κ2) is 4.62. The lowest BCUT2D eigenvalue weighted by Crippen LogP contribution is -2.26. The fourth-order valence-corrected chi connectivity index (χ4v) is 4.95. The van der Waals surface area contributed by atoms with Gasteiger partial charge >= 0.3 is 0 Å². The molecule has 1 heteroatoms. The zero-order chi connectivity index (χ0) is 14.4. The van der Waals surface area contributed by atoms with E-state index in [2.05, 4.69) is 65.5 Å². The molecule has 0 bridgehead atoms. The van der Waals surface area contributed by atoms with Crippen molar-refractivity contribution in [3.8, 4) is 0 Å². The molecule has 2 rings (SSSR count). The van der Waals surface area contributed by atoms with E-state index in [1.807, 2.05) is 0 Å². The molecule has 0 saturated carbocycles. The Kier molecular flexibility index (Phi) is 3.55. The molecule has 1 aliphatic rings. The third-order valence-corrected chi connectivity index (χ3v) is 5.96. The largest absolute Gasteiger partial charge is 0.0693 e. The average Bonchev–Trinajstić information content (AvgIpc) is 2.51. The van der Waals surface area contributed by atoms with Crippen molar-refractivity contribution in [1.82, 2.24) is 0 Å². The van der Waals surface area contributed by atoms with Crippen molar-refractivity contribution in [2.45, 2.75) is 65.2 Å². The molecule has 0 saturated heterocycles. The van der Waals surface area contributed by atoms with Crippen LogP contribution >= 0.6 is 0 Å². The number of hydrogen-bond donors (Lipinski definition) is 0. The van der Waals surface area contributed by atoms with Crippen LogP contribution in [0.25, 0.3) is 6.08 Å². The summed E-state index contributed by atoms with van der Waals surface area (Å²) in [6, 6.07) is 6.02. The van der Waals surface area contributed by atoms with Gasteiger partial charge in [0.1, 0.15) is 0 Å². The molecule has 1 aromatic rings. The molecule has 0 N–H and O–H groups in total. The summed E-state index contributed by atoms with van der Waals surface area (Å²) in [5, 5.41) is 0. The Hall–Kier alpha value is -0.823. The highest BCUT2D eigenvalue weighted by Crippen LogP contribution is 2.46. The van der Waals surface area contributed by atoms with Crippen molar-refractivity contribution >= 4 is 14.1 Å². The number of fused-ring (bicyclic) bond motifs is 1. The molecule has 0 spiro atoms. The van der Waals surface area contributed by atoms with E-state index in [1.165, 1.54) is 28.3 Å². The Bertz CT molecular complexity index is 527. The van der Waals surface area contributed by atoms with Gasteiger partial charge in [-0.3, -0.25) is 0 Å². The minimum atomic E-state index is -1.06. The summed E-state index contributed by atoms with van der Waals surface area (Å²) < 4.78 is 0. The van der Waals surface area contributed by atoms with E-state index < -0.39 is 8.07 Å². The molecule has 19 heavy (non-hydrogen) atoms. The van der Waals surface area contributed by atoms with Crippen LogP contribution in [0.4, 0.5) is 0 Å². The molecule has 0 heterocycles. The zero-order valence-electron chi connectivity index (χ0n) is 13.6. The lowest BCUT2D eigenvalue weighted by molar-refractivity contribution is 0.636. The average molecular weight is 273 g/mol. The summed E-state index contributed by atoms with van der Waals surface area (Å²) >= 11 is 0. The van der Waals surface area contributed by atoms with Gasteiger partial charge in [-0.05, 0) is 41.6 Å². The van der Waals surface area contributed by atoms with Gasteiger partial charge in [0, 0.05) is 13.5 Å². The summed E-state index contributed by atoms with van der Waals surface area (Å²) in [6.07, 6.45) is 3.64. The van der Waals surface area contributed by atoms with E-state index in [-0.39, 0.29) is 5.41 Å². The summed E-state index contributed by atoms with van der Waals surface area (Å²) in [5.74, 6) is 0. The Labute approximate surface area is 119 Å². The van der Waals surface area contributed by atoms with Crippen molar-refractivity contribution in [1.29, 1.82) is 0 Å². The Morgan fingerprint density at radius 1 is 1.11 bits per heavy atom. The third kappa shape index (κ3) is 2.58. The molecule has 0 fully saturated rings. The van der Waals surface area contributed by atoms with Crippen molar-refractivity contribution in [3.63, 3.8) is 0 Å². The second-order valence-corrected chi connectivity index (χ2v) is 13.2. The van der Waals surface area contributed by atoms with Gasteiger partial charge in [0.15, 0.2) is 0 Å². The van der Waals surface area contributed by atoms with E-state index in [0.29, 0.717) is 0 Å². The van der Waals surface area contributed by atoms with E-state index in [1.54, 1.807) is 5.57 Å². The minimum Gasteiger partial charge on any atom is -0.0693 e. The van der Waals surface area contributed by atoms with Crippen LogP contribution in [0.3, 0.4) is 0 Å². The predicted molar refractivity (Wildman–Crippen MR) is 89.7 cm³/mol. The summed E-state index contributed by atoms with van der Waals surface area (Å²) in [7, 11) is -1.06. The monoisotopic (exact) mass is 272 g/mol. The number of hydrogen-bond acceptors (Lipinski definition) is 0. The number of rotatable bonds is 3. The van der Waals surface area contributed by atoms with Crippen LogP contribution < -0.4 is 0 Å². The molecule has 0 atom stereocenters. The van der Waals surface area contributed by atoms with Gasteiger partial charge in [-0.1, -0.05) is 64.2 Å². The molecule has 0 nitrogen and oxygen atoms in total. The smallest absolute Gasteiger partial charge is 0.0483 e. The Morgan fingerprint density at radius 3 is 2.26 bits per heavy atom. The van der Waals surface area contributed by atoms with Crippen LogP contribution in [-0.2, 0) is 11.8 Å². The van der Waals surface area contributed by atoms with Crippen LogP contribution in [0.5, 0.6) is 0 Å². The molecule has 0 aromatic heterocycles. The highest BCUT2D eigenvalue weighted by atomic mass is 28.3. The van der Waals surface area contributed by atoms with E-state index in [4.69, 9.17) is 0 Å². The fraction of sp³-hybridized carbons (Fsp3) is 0.556. The topological polar surface area (TPSA) is 0 Å². The Morgan fingerprint density at radius 2 is 1.74 bits per heavy atom. The predicted octanol–water partition coefficient (Wildman–Crippen LogP) is 5.57. The lowest BCUT2D eigenvalue weighted by Gasteiger charge is -2.29. The van der Waals surface area contributed by atoms with Gasteiger partial charge < -0.3 is 0 Å². The van der Waals surface area contributed by atoms with Gasteiger partial charge in [-0.15, -0.1) is 0 Å². The van der Waals surface area contributed by atoms with Crippen molar-refractivity contribution < 1.29 is 0 Å². The first kappa shape index (κ1) is 14.6. The van der Waals surface area contributed by atoms with Gasteiger partial charge in [-0.2, -0.15) is 0 Å². The highest BCUT2D eigenvalue weighted by Gasteiger charge is 2.35. The fourth-order valence-electron chi connectivity index (χ4n) is 3.26. The first-order chi connectivity index (χ1) is 8.66. The first-order valence-corrected chi connectivity index (χ1v) is 11.2. The van der Waals surface area contributed by atoms with Gasteiger partial charge in [0.2, 0.25) is 0 Å². The lowest BCUT2D eigenvalue weighted by atomic mass is 9.81. The summed E-state index contributed by atoms with van der Waals surface area (Å²) in [6.45, 7) is 16.8. The quantitative estimate of drug-likeness (QED) is 0.631. The van der Waals surface area contributed by atoms with Crippen molar-refractivity contribution in [2.75, 3.05) is 0 Å². The maximum absolute atomic E-state index is 2.50. The van der Waals surface area contributed by atoms with Crippen LogP contribution in [0, 0.1) is 6.92 Å². The molecule has 0 radical (unpaired) electrons. The molecule has 0 unspecified atom stereocenters. The molecule has 1 aromatic carbocycles. The molecule has 0 aliphatic heterocycles. The normalized spacial score (nSPS) is 17.3. The van der Waals surface area contributed by atoms with E-state index in [9.17, 15) is 0 Å². The molecule has 1 aliphatic carbocycles. The number of allylic oxidation sites excluding steroid dienone is 1. The maximum atomic E-state index is 2.50. The highest BCUT2D eigenvalue weighted by molar-refractivity contribution is 6.76. The number of aryl methyl sites for hydroxylation is 1.